The van der Waals surface area contributed by atoms with Gasteiger partial charge in [0.2, 0.25) is 5.91 Å². The van der Waals surface area contributed by atoms with E-state index in [-0.39, 0.29) is 11.6 Å². The van der Waals surface area contributed by atoms with E-state index in [1.807, 2.05) is 13.0 Å². The first kappa shape index (κ1) is 21.6. The van der Waals surface area contributed by atoms with E-state index >= 15 is 0 Å². The summed E-state index contributed by atoms with van der Waals surface area (Å²) >= 11 is 0. The number of nitrogen functional groups attached to an aromatic ring is 1. The van der Waals surface area contributed by atoms with E-state index in [1.54, 1.807) is 62.5 Å². The highest BCUT2D eigenvalue weighted by atomic mass is 16.2. The van der Waals surface area contributed by atoms with Crippen molar-refractivity contribution in [3.8, 4) is 0 Å². The molecule has 2 amide bonds. The van der Waals surface area contributed by atoms with Gasteiger partial charge in [-0.05, 0) is 67.4 Å². The molecule has 0 aliphatic rings. The van der Waals surface area contributed by atoms with Crippen LogP contribution in [-0.2, 0) is 0 Å². The van der Waals surface area contributed by atoms with E-state index < -0.39 is 5.91 Å². The number of aryl methyl sites for hydroxylation is 2. The number of primary amides is 1. The van der Waals surface area contributed by atoms with Crippen LogP contribution in [0.2, 0.25) is 0 Å². The molecule has 0 spiro atoms. The predicted molar refractivity (Wildman–Crippen MR) is 125 cm³/mol. The van der Waals surface area contributed by atoms with Gasteiger partial charge in [-0.2, -0.15) is 0 Å². The Labute approximate surface area is 181 Å². The number of carbonyl (C=O) groups excluding carboxylic acids is 2. The second-order valence-electron chi connectivity index (χ2n) is 7.31. The van der Waals surface area contributed by atoms with Crippen molar-refractivity contribution in [2.75, 3.05) is 23.4 Å². The molecule has 0 heterocycles. The van der Waals surface area contributed by atoms with Gasteiger partial charge in [0, 0.05) is 46.4 Å². The largest absolute Gasteiger partial charge is 0.399 e. The average molecular weight is 415 g/mol. The Bertz CT molecular complexity index is 1200. The lowest BCUT2D eigenvalue weighted by atomic mass is 9.95. The van der Waals surface area contributed by atoms with Crippen LogP contribution in [0.4, 0.5) is 17.1 Å². The minimum absolute atomic E-state index is 0.280. The number of benzene rings is 3. The molecule has 0 fully saturated rings. The van der Waals surface area contributed by atoms with Gasteiger partial charge in [-0.3, -0.25) is 15.0 Å². The van der Waals surface area contributed by atoms with Gasteiger partial charge in [-0.1, -0.05) is 12.1 Å². The maximum absolute atomic E-state index is 12.9. The minimum Gasteiger partial charge on any atom is -0.399 e. The molecule has 31 heavy (non-hydrogen) atoms. The number of anilines is 3. The number of hydrogen-bond acceptors (Lipinski definition) is 5. The van der Waals surface area contributed by atoms with E-state index in [9.17, 15) is 9.59 Å². The summed E-state index contributed by atoms with van der Waals surface area (Å²) in [5, 5.41) is 14.6. The molecule has 7 nitrogen and oxygen atoms in total. The fraction of sp³-hybridized carbons (Fsp3) is 0.125. The van der Waals surface area contributed by atoms with Gasteiger partial charge in [0.1, 0.15) is 0 Å². The zero-order valence-electron chi connectivity index (χ0n) is 17.7. The third-order valence-corrected chi connectivity index (χ3v) is 5.10. The Morgan fingerprint density at radius 1 is 0.871 bits per heavy atom. The first-order chi connectivity index (χ1) is 14.7. The Balaban J connectivity index is 1.94. The Hall–Kier alpha value is -4.13. The molecular formula is C24H25N5O2. The van der Waals surface area contributed by atoms with E-state index in [0.29, 0.717) is 28.1 Å². The summed E-state index contributed by atoms with van der Waals surface area (Å²) < 4.78 is 0. The normalized spacial score (nSPS) is 10.4. The maximum atomic E-state index is 12.9. The van der Waals surface area contributed by atoms with Crippen molar-refractivity contribution in [1.82, 2.24) is 0 Å². The van der Waals surface area contributed by atoms with Crippen LogP contribution in [0.3, 0.4) is 0 Å². The summed E-state index contributed by atoms with van der Waals surface area (Å²) in [6, 6.07) is 15.5. The number of carbonyl (C=O) groups is 2. The molecule has 0 saturated carbocycles. The molecule has 0 saturated heterocycles. The van der Waals surface area contributed by atoms with Crippen LogP contribution in [-0.4, -0.2) is 24.6 Å². The predicted octanol–water partition coefficient (Wildman–Crippen LogP) is 3.69. The lowest BCUT2D eigenvalue weighted by Gasteiger charge is -2.15. The molecule has 3 aromatic rings. The zero-order valence-corrected chi connectivity index (χ0v) is 17.7. The van der Waals surface area contributed by atoms with E-state index in [0.717, 1.165) is 22.4 Å². The van der Waals surface area contributed by atoms with Crippen molar-refractivity contribution < 1.29 is 9.59 Å². The molecule has 0 radical (unpaired) electrons. The average Bonchev–Trinajstić information content (AvgIpc) is 2.74. The maximum Gasteiger partial charge on any atom is 0.255 e. The summed E-state index contributed by atoms with van der Waals surface area (Å²) in [6.07, 6.45) is 0. The molecule has 0 atom stereocenters. The summed E-state index contributed by atoms with van der Waals surface area (Å²) in [7, 11) is 1.76. The third-order valence-electron chi connectivity index (χ3n) is 5.10. The second-order valence-corrected chi connectivity index (χ2v) is 7.31. The highest BCUT2D eigenvalue weighted by Crippen LogP contribution is 2.24. The van der Waals surface area contributed by atoms with Gasteiger partial charge < -0.3 is 22.1 Å². The molecule has 0 aliphatic heterocycles. The summed E-state index contributed by atoms with van der Waals surface area (Å²) in [6.45, 7) is 3.67. The summed E-state index contributed by atoms with van der Waals surface area (Å²) in [5.74, 6) is -0.911. The fourth-order valence-corrected chi connectivity index (χ4v) is 3.39. The van der Waals surface area contributed by atoms with Crippen molar-refractivity contribution in [3.63, 3.8) is 0 Å². The molecule has 0 aromatic heterocycles. The van der Waals surface area contributed by atoms with Crippen molar-refractivity contribution in [2.24, 2.45) is 5.73 Å². The molecule has 0 aliphatic carbocycles. The molecule has 7 N–H and O–H groups in total. The zero-order chi connectivity index (χ0) is 22.7. The van der Waals surface area contributed by atoms with Gasteiger partial charge >= 0.3 is 0 Å². The Kier molecular flexibility index (Phi) is 6.06. The standard InChI is InChI=1S/C24H25N5O2/c1-13-4-7-17(12-19(13)23(27)30)29-24(31)15-5-9-21(28-3)20(11-15)22(26)18-8-6-16(25)10-14(18)2/h4-12,26,28H,25H2,1-3H3,(H2,27,30)(H,29,31). The molecular weight excluding hydrogens is 390 g/mol. The van der Waals surface area contributed by atoms with Crippen LogP contribution in [0.1, 0.15) is 43.0 Å². The molecule has 3 rings (SSSR count). The van der Waals surface area contributed by atoms with Crippen LogP contribution in [0.25, 0.3) is 0 Å². The fourth-order valence-electron chi connectivity index (χ4n) is 3.39. The van der Waals surface area contributed by atoms with Crippen molar-refractivity contribution >= 4 is 34.6 Å². The van der Waals surface area contributed by atoms with Crippen molar-refractivity contribution in [3.05, 3.63) is 88.0 Å². The molecule has 0 unspecified atom stereocenters. The third kappa shape index (κ3) is 4.56. The van der Waals surface area contributed by atoms with Crippen LogP contribution in [0, 0.1) is 19.3 Å². The summed E-state index contributed by atoms with van der Waals surface area (Å²) in [4.78, 5) is 24.4. The SMILES string of the molecule is CNc1ccc(C(=O)Nc2ccc(C)c(C(N)=O)c2)cc1C(=N)c1ccc(N)cc1C. The van der Waals surface area contributed by atoms with Crippen LogP contribution >= 0.6 is 0 Å². The van der Waals surface area contributed by atoms with E-state index in [2.05, 4.69) is 10.6 Å². The lowest BCUT2D eigenvalue weighted by Crippen LogP contribution is -2.16. The van der Waals surface area contributed by atoms with Gasteiger partial charge in [0.05, 0.1) is 5.71 Å². The number of nitrogens with one attached hydrogen (secondary N) is 3. The number of rotatable bonds is 6. The van der Waals surface area contributed by atoms with E-state index in [4.69, 9.17) is 16.9 Å². The number of hydrogen-bond donors (Lipinski definition) is 5. The van der Waals surface area contributed by atoms with Gasteiger partial charge in [0.25, 0.3) is 5.91 Å². The first-order valence-electron chi connectivity index (χ1n) is 9.70. The van der Waals surface area contributed by atoms with Gasteiger partial charge in [-0.25, -0.2) is 0 Å². The second kappa shape index (κ2) is 8.71. The van der Waals surface area contributed by atoms with Crippen LogP contribution in [0.5, 0.6) is 0 Å². The van der Waals surface area contributed by atoms with Crippen molar-refractivity contribution in [2.45, 2.75) is 13.8 Å². The summed E-state index contributed by atoms with van der Waals surface area (Å²) in [5.41, 5.74) is 17.0. The Morgan fingerprint density at radius 2 is 1.61 bits per heavy atom. The first-order valence-corrected chi connectivity index (χ1v) is 9.70. The topological polar surface area (TPSA) is 134 Å². The Morgan fingerprint density at radius 3 is 2.26 bits per heavy atom. The van der Waals surface area contributed by atoms with Gasteiger partial charge in [0.15, 0.2) is 0 Å². The van der Waals surface area contributed by atoms with Crippen molar-refractivity contribution in [1.29, 1.82) is 5.41 Å². The lowest BCUT2D eigenvalue weighted by molar-refractivity contribution is 0.0995. The highest BCUT2D eigenvalue weighted by molar-refractivity contribution is 6.16. The smallest absolute Gasteiger partial charge is 0.255 e. The molecule has 158 valence electrons. The van der Waals surface area contributed by atoms with Crippen LogP contribution in [0.15, 0.2) is 54.6 Å². The number of amides is 2. The molecule has 0 bridgehead atoms. The number of nitrogens with two attached hydrogens (primary N) is 2. The van der Waals surface area contributed by atoms with Crippen LogP contribution < -0.4 is 22.1 Å². The molecule has 7 heteroatoms. The monoisotopic (exact) mass is 415 g/mol. The highest BCUT2D eigenvalue weighted by Gasteiger charge is 2.16. The van der Waals surface area contributed by atoms with E-state index in [1.165, 1.54) is 0 Å². The quantitative estimate of drug-likeness (QED) is 0.310. The van der Waals surface area contributed by atoms with Gasteiger partial charge in [-0.15, -0.1) is 0 Å². The molecule has 3 aromatic carbocycles. The minimum atomic E-state index is -0.554.